The minimum atomic E-state index is -0.0502. The molecule has 0 heterocycles. The Hall–Kier alpha value is -2.09. The Balaban J connectivity index is 2.43. The predicted octanol–water partition coefficient (Wildman–Crippen LogP) is 5.14. The van der Waals surface area contributed by atoms with Gasteiger partial charge in [0.2, 0.25) is 0 Å². The van der Waals surface area contributed by atoms with Crippen LogP contribution in [0.15, 0.2) is 47.5 Å². The van der Waals surface area contributed by atoms with Gasteiger partial charge in [0.15, 0.2) is 0 Å². The van der Waals surface area contributed by atoms with Crippen molar-refractivity contribution in [1.82, 2.24) is 0 Å². The molecule has 0 aliphatic rings. The molecular formula is C19H23NO. The van der Waals surface area contributed by atoms with Gasteiger partial charge in [-0.3, -0.25) is 4.99 Å². The number of aliphatic imine (C=N–C) groups is 1. The second-order valence-corrected chi connectivity index (χ2v) is 6.08. The highest BCUT2D eigenvalue weighted by Crippen LogP contribution is 2.36. The normalized spacial score (nSPS) is 12.0. The molecule has 0 fully saturated rings. The van der Waals surface area contributed by atoms with Crippen LogP contribution < -0.4 is 0 Å². The van der Waals surface area contributed by atoms with E-state index in [-0.39, 0.29) is 5.41 Å². The minimum absolute atomic E-state index is 0.0502. The van der Waals surface area contributed by atoms with Crippen LogP contribution in [0.3, 0.4) is 0 Å². The molecule has 0 saturated carbocycles. The van der Waals surface area contributed by atoms with Crippen molar-refractivity contribution >= 4 is 11.9 Å². The van der Waals surface area contributed by atoms with Crippen molar-refractivity contribution in [1.29, 1.82) is 0 Å². The van der Waals surface area contributed by atoms with Gasteiger partial charge in [0.05, 0.1) is 5.69 Å². The first-order valence-electron chi connectivity index (χ1n) is 7.37. The van der Waals surface area contributed by atoms with Crippen LogP contribution in [-0.2, 0) is 5.41 Å². The van der Waals surface area contributed by atoms with E-state index in [1.807, 2.05) is 36.4 Å². The molecule has 0 unspecified atom stereocenters. The largest absolute Gasteiger partial charge is 0.507 e. The highest BCUT2D eigenvalue weighted by Gasteiger charge is 2.23. The van der Waals surface area contributed by atoms with Gasteiger partial charge in [-0.15, -0.1) is 0 Å². The molecule has 2 aromatic rings. The molecule has 0 aromatic heterocycles. The zero-order valence-electron chi connectivity index (χ0n) is 13.2. The van der Waals surface area contributed by atoms with Gasteiger partial charge in [-0.1, -0.05) is 45.0 Å². The zero-order valence-corrected chi connectivity index (χ0v) is 13.2. The molecule has 2 rings (SSSR count). The van der Waals surface area contributed by atoms with E-state index < -0.39 is 0 Å². The Morgan fingerprint density at radius 2 is 1.81 bits per heavy atom. The van der Waals surface area contributed by atoms with Gasteiger partial charge in [-0.05, 0) is 42.5 Å². The van der Waals surface area contributed by atoms with Gasteiger partial charge in [0.1, 0.15) is 5.75 Å². The highest BCUT2D eigenvalue weighted by atomic mass is 16.3. The fourth-order valence-corrected chi connectivity index (χ4v) is 2.27. The molecule has 0 radical (unpaired) electrons. The van der Waals surface area contributed by atoms with Crippen molar-refractivity contribution in [3.8, 4) is 5.75 Å². The fraction of sp³-hybridized carbons (Fsp3) is 0.316. The molecule has 21 heavy (non-hydrogen) atoms. The Morgan fingerprint density at radius 1 is 1.14 bits per heavy atom. The van der Waals surface area contributed by atoms with Crippen LogP contribution in [0.1, 0.15) is 43.9 Å². The number of hydrogen-bond donors (Lipinski definition) is 1. The first-order chi connectivity index (χ1) is 9.94. The van der Waals surface area contributed by atoms with Crippen molar-refractivity contribution in [3.05, 3.63) is 59.2 Å². The summed E-state index contributed by atoms with van der Waals surface area (Å²) in [6.45, 7) is 8.49. The number of aromatic hydroxyl groups is 1. The Bertz CT molecular complexity index is 642. The van der Waals surface area contributed by atoms with Crippen LogP contribution in [0, 0.1) is 6.92 Å². The third-order valence-corrected chi connectivity index (χ3v) is 4.01. The second-order valence-electron chi connectivity index (χ2n) is 6.08. The van der Waals surface area contributed by atoms with Gasteiger partial charge in [0, 0.05) is 17.3 Å². The van der Waals surface area contributed by atoms with Gasteiger partial charge in [0.25, 0.3) is 0 Å². The molecule has 0 saturated heterocycles. The van der Waals surface area contributed by atoms with Crippen LogP contribution in [-0.4, -0.2) is 11.3 Å². The van der Waals surface area contributed by atoms with Gasteiger partial charge in [-0.25, -0.2) is 0 Å². The molecule has 2 heteroatoms. The van der Waals surface area contributed by atoms with E-state index in [1.54, 1.807) is 6.21 Å². The van der Waals surface area contributed by atoms with E-state index >= 15 is 0 Å². The molecule has 0 spiro atoms. The number of aryl methyl sites for hydroxylation is 1. The second kappa shape index (κ2) is 6.13. The lowest BCUT2D eigenvalue weighted by Crippen LogP contribution is -2.16. The SMILES string of the molecule is CCC(C)(C)c1cc(C)cc(C=Nc2ccccc2)c1O. The monoisotopic (exact) mass is 281 g/mol. The molecule has 0 bridgehead atoms. The summed E-state index contributed by atoms with van der Waals surface area (Å²) in [5, 5.41) is 10.6. The molecule has 0 aliphatic heterocycles. The molecular weight excluding hydrogens is 258 g/mol. The number of phenolic OH excluding ortho intramolecular Hbond substituents is 1. The maximum Gasteiger partial charge on any atom is 0.128 e. The fourth-order valence-electron chi connectivity index (χ4n) is 2.27. The lowest BCUT2D eigenvalue weighted by Gasteiger charge is -2.25. The molecule has 110 valence electrons. The van der Waals surface area contributed by atoms with Crippen LogP contribution in [0.5, 0.6) is 5.75 Å². The summed E-state index contributed by atoms with van der Waals surface area (Å²) in [6.07, 6.45) is 2.71. The summed E-state index contributed by atoms with van der Waals surface area (Å²) in [4.78, 5) is 4.44. The Kier molecular flexibility index (Phi) is 4.46. The zero-order chi connectivity index (χ0) is 15.5. The van der Waals surface area contributed by atoms with Gasteiger partial charge >= 0.3 is 0 Å². The number of rotatable bonds is 4. The first-order valence-corrected chi connectivity index (χ1v) is 7.37. The van der Waals surface area contributed by atoms with E-state index in [0.717, 1.165) is 28.8 Å². The summed E-state index contributed by atoms with van der Waals surface area (Å²) in [5.41, 5.74) is 3.73. The van der Waals surface area contributed by atoms with Crippen molar-refractivity contribution < 1.29 is 5.11 Å². The summed E-state index contributed by atoms with van der Waals surface area (Å²) >= 11 is 0. The summed E-state index contributed by atoms with van der Waals surface area (Å²) < 4.78 is 0. The van der Waals surface area contributed by atoms with E-state index in [4.69, 9.17) is 0 Å². The predicted molar refractivity (Wildman–Crippen MR) is 89.9 cm³/mol. The average molecular weight is 281 g/mol. The van der Waals surface area contributed by atoms with E-state index in [2.05, 4.69) is 38.8 Å². The number of phenols is 1. The van der Waals surface area contributed by atoms with Crippen LogP contribution >= 0.6 is 0 Å². The number of para-hydroxylation sites is 1. The van der Waals surface area contributed by atoms with E-state index in [0.29, 0.717) is 5.75 Å². The Morgan fingerprint density at radius 3 is 2.43 bits per heavy atom. The van der Waals surface area contributed by atoms with E-state index in [1.165, 1.54) is 0 Å². The first kappa shape index (κ1) is 15.3. The lowest BCUT2D eigenvalue weighted by atomic mass is 9.80. The molecule has 0 atom stereocenters. The molecule has 1 N–H and O–H groups in total. The average Bonchev–Trinajstić information content (AvgIpc) is 2.48. The third-order valence-electron chi connectivity index (χ3n) is 4.01. The highest BCUT2D eigenvalue weighted by molar-refractivity contribution is 5.86. The standard InChI is InChI=1S/C19H23NO/c1-5-19(3,4)17-12-14(2)11-15(18(17)21)13-20-16-9-7-6-8-10-16/h6-13,21H,5H2,1-4H3. The molecule has 2 aromatic carbocycles. The summed E-state index contributed by atoms with van der Waals surface area (Å²) in [5.74, 6) is 0.340. The summed E-state index contributed by atoms with van der Waals surface area (Å²) in [7, 11) is 0. The number of benzene rings is 2. The van der Waals surface area contributed by atoms with Crippen molar-refractivity contribution in [2.75, 3.05) is 0 Å². The number of hydrogen-bond acceptors (Lipinski definition) is 2. The maximum absolute atomic E-state index is 10.6. The van der Waals surface area contributed by atoms with Crippen molar-refractivity contribution in [2.24, 2.45) is 4.99 Å². The number of nitrogens with zero attached hydrogens (tertiary/aromatic N) is 1. The third kappa shape index (κ3) is 3.52. The van der Waals surface area contributed by atoms with Crippen LogP contribution in [0.25, 0.3) is 0 Å². The van der Waals surface area contributed by atoms with Crippen LogP contribution in [0.4, 0.5) is 5.69 Å². The molecule has 0 aliphatic carbocycles. The van der Waals surface area contributed by atoms with E-state index in [9.17, 15) is 5.11 Å². The topological polar surface area (TPSA) is 32.6 Å². The lowest BCUT2D eigenvalue weighted by molar-refractivity contribution is 0.428. The molecule has 2 nitrogen and oxygen atoms in total. The quantitative estimate of drug-likeness (QED) is 0.773. The van der Waals surface area contributed by atoms with Crippen molar-refractivity contribution in [2.45, 2.75) is 39.5 Å². The van der Waals surface area contributed by atoms with Crippen LogP contribution in [0.2, 0.25) is 0 Å². The maximum atomic E-state index is 10.6. The van der Waals surface area contributed by atoms with Gasteiger partial charge in [-0.2, -0.15) is 0 Å². The smallest absolute Gasteiger partial charge is 0.128 e. The minimum Gasteiger partial charge on any atom is -0.507 e. The Labute approximate surface area is 127 Å². The van der Waals surface area contributed by atoms with Gasteiger partial charge < -0.3 is 5.11 Å². The molecule has 0 amide bonds. The summed E-state index contributed by atoms with van der Waals surface area (Å²) in [6, 6.07) is 13.8. The van der Waals surface area contributed by atoms with Crippen molar-refractivity contribution in [3.63, 3.8) is 0 Å².